The summed E-state index contributed by atoms with van der Waals surface area (Å²) in [7, 11) is 0. The molecule has 1 rings (SSSR count). The molecule has 0 aromatic heterocycles. The van der Waals surface area contributed by atoms with Crippen molar-refractivity contribution in [3.8, 4) is 0 Å². The van der Waals surface area contributed by atoms with E-state index in [9.17, 15) is 9.59 Å². The number of halogens is 1. The average molecular weight is 270 g/mol. The Morgan fingerprint density at radius 1 is 1.17 bits per heavy atom. The van der Waals surface area contributed by atoms with Crippen molar-refractivity contribution in [1.82, 2.24) is 0 Å². The van der Waals surface area contributed by atoms with E-state index >= 15 is 0 Å². The van der Waals surface area contributed by atoms with E-state index in [-0.39, 0.29) is 18.0 Å². The Balaban J connectivity index is 2.68. The molecule has 0 unspecified atom stereocenters. The molecule has 1 aromatic rings. The van der Waals surface area contributed by atoms with Gasteiger partial charge in [-0.15, -0.1) is 11.6 Å². The van der Waals surface area contributed by atoms with E-state index in [0.717, 1.165) is 0 Å². The van der Waals surface area contributed by atoms with Crippen LogP contribution in [0.2, 0.25) is 0 Å². The number of rotatable bonds is 4. The van der Waals surface area contributed by atoms with Crippen LogP contribution in [0.1, 0.15) is 31.1 Å². The molecule has 5 heteroatoms. The summed E-state index contributed by atoms with van der Waals surface area (Å²) >= 11 is 5.63. The second-order valence-corrected chi connectivity index (χ2v) is 4.79. The van der Waals surface area contributed by atoms with Gasteiger partial charge in [-0.3, -0.25) is 4.79 Å². The van der Waals surface area contributed by atoms with Crippen molar-refractivity contribution in [1.29, 1.82) is 0 Å². The molecule has 98 valence electrons. The Labute approximate surface area is 111 Å². The molecule has 0 aliphatic rings. The third-order valence-corrected chi connectivity index (χ3v) is 2.29. The quantitative estimate of drug-likeness (QED) is 0.675. The van der Waals surface area contributed by atoms with Gasteiger partial charge in [0.1, 0.15) is 5.38 Å². The zero-order chi connectivity index (χ0) is 13.7. The first-order valence-electron chi connectivity index (χ1n) is 5.66. The van der Waals surface area contributed by atoms with Crippen LogP contribution in [-0.2, 0) is 9.53 Å². The van der Waals surface area contributed by atoms with Gasteiger partial charge in [0.15, 0.2) is 0 Å². The van der Waals surface area contributed by atoms with Gasteiger partial charge in [-0.1, -0.05) is 0 Å². The molecule has 1 amide bonds. The highest BCUT2D eigenvalue weighted by Gasteiger charge is 2.11. The molecule has 0 radical (unpaired) electrons. The number of esters is 1. The molecule has 1 aromatic carbocycles. The predicted octanol–water partition coefficient (Wildman–Crippen LogP) is 2.82. The molecular formula is C13H16ClNO3. The van der Waals surface area contributed by atoms with Gasteiger partial charge in [0, 0.05) is 5.69 Å². The van der Waals surface area contributed by atoms with Crippen LogP contribution in [-0.4, -0.2) is 23.4 Å². The molecule has 0 saturated heterocycles. The summed E-state index contributed by atoms with van der Waals surface area (Å²) in [5.74, 6) is -0.664. The topological polar surface area (TPSA) is 55.4 Å². The van der Waals surface area contributed by atoms with Gasteiger partial charge in [-0.05, 0) is 45.0 Å². The summed E-state index contributed by atoms with van der Waals surface area (Å²) in [5, 5.41) is 2.02. The molecule has 0 spiro atoms. The van der Waals surface area contributed by atoms with Crippen molar-refractivity contribution in [3.05, 3.63) is 29.8 Å². The van der Waals surface area contributed by atoms with Gasteiger partial charge < -0.3 is 10.1 Å². The first-order chi connectivity index (χ1) is 8.40. The summed E-state index contributed by atoms with van der Waals surface area (Å²) < 4.78 is 5.05. The third kappa shape index (κ3) is 4.37. The Morgan fingerprint density at radius 3 is 2.17 bits per heavy atom. The Kier molecular flexibility index (Phi) is 5.16. The second-order valence-electron chi connectivity index (χ2n) is 4.14. The van der Waals surface area contributed by atoms with Crippen LogP contribution in [0.3, 0.4) is 0 Å². The monoisotopic (exact) mass is 269 g/mol. The highest BCUT2D eigenvalue weighted by molar-refractivity contribution is 6.32. The largest absolute Gasteiger partial charge is 0.459 e. The van der Waals surface area contributed by atoms with Gasteiger partial charge >= 0.3 is 5.97 Å². The van der Waals surface area contributed by atoms with E-state index in [4.69, 9.17) is 16.3 Å². The van der Waals surface area contributed by atoms with Crippen molar-refractivity contribution in [3.63, 3.8) is 0 Å². The first kappa shape index (κ1) is 14.5. The maximum Gasteiger partial charge on any atom is 0.338 e. The number of ether oxygens (including phenoxy) is 1. The smallest absolute Gasteiger partial charge is 0.338 e. The minimum absolute atomic E-state index is 0.158. The van der Waals surface area contributed by atoms with E-state index < -0.39 is 5.38 Å². The maximum atomic E-state index is 11.6. The van der Waals surface area contributed by atoms with E-state index in [1.54, 1.807) is 45.0 Å². The van der Waals surface area contributed by atoms with Crippen LogP contribution in [0.15, 0.2) is 24.3 Å². The van der Waals surface area contributed by atoms with Crippen molar-refractivity contribution >= 4 is 29.2 Å². The number of carbonyl (C=O) groups excluding carboxylic acids is 2. The molecule has 4 nitrogen and oxygen atoms in total. The molecule has 0 saturated carbocycles. The van der Waals surface area contributed by atoms with Crippen molar-refractivity contribution in [2.45, 2.75) is 32.3 Å². The Hall–Kier alpha value is -1.55. The van der Waals surface area contributed by atoms with Crippen LogP contribution >= 0.6 is 11.6 Å². The molecule has 0 heterocycles. The fourth-order valence-electron chi connectivity index (χ4n) is 1.21. The standard InChI is InChI=1S/C13H16ClNO3/c1-8(2)18-13(17)10-4-6-11(7-5-10)15-12(16)9(3)14/h4-9H,1-3H3,(H,15,16)/t9-/m1/s1. The Bertz CT molecular complexity index is 426. The van der Waals surface area contributed by atoms with Gasteiger partial charge in [0.05, 0.1) is 11.7 Å². The van der Waals surface area contributed by atoms with Gasteiger partial charge in [-0.2, -0.15) is 0 Å². The molecule has 0 fully saturated rings. The minimum Gasteiger partial charge on any atom is -0.459 e. The summed E-state index contributed by atoms with van der Waals surface area (Å²) in [5.41, 5.74) is 1.04. The SMILES string of the molecule is CC(C)OC(=O)c1ccc(NC(=O)[C@@H](C)Cl)cc1. The second kappa shape index (κ2) is 6.40. The number of amides is 1. The van der Waals surface area contributed by atoms with Crippen molar-refractivity contribution < 1.29 is 14.3 Å². The Morgan fingerprint density at radius 2 is 1.72 bits per heavy atom. The lowest BCUT2D eigenvalue weighted by atomic mass is 10.2. The van der Waals surface area contributed by atoms with E-state index in [1.165, 1.54) is 0 Å². The first-order valence-corrected chi connectivity index (χ1v) is 6.09. The van der Waals surface area contributed by atoms with E-state index in [0.29, 0.717) is 11.3 Å². The molecule has 1 N–H and O–H groups in total. The van der Waals surface area contributed by atoms with E-state index in [1.807, 2.05) is 0 Å². The number of alkyl halides is 1. The van der Waals surface area contributed by atoms with E-state index in [2.05, 4.69) is 5.32 Å². The number of carbonyl (C=O) groups is 2. The average Bonchev–Trinajstić information content (AvgIpc) is 2.28. The van der Waals surface area contributed by atoms with Crippen LogP contribution in [0.5, 0.6) is 0 Å². The fourth-order valence-corrected chi connectivity index (χ4v) is 1.27. The number of benzene rings is 1. The van der Waals surface area contributed by atoms with Gasteiger partial charge in [0.2, 0.25) is 5.91 Å². The van der Waals surface area contributed by atoms with Crippen LogP contribution in [0.4, 0.5) is 5.69 Å². The molecule has 1 atom stereocenters. The van der Waals surface area contributed by atoms with Gasteiger partial charge in [-0.25, -0.2) is 4.79 Å². The lowest BCUT2D eigenvalue weighted by Gasteiger charge is -2.09. The zero-order valence-electron chi connectivity index (χ0n) is 10.6. The lowest BCUT2D eigenvalue weighted by Crippen LogP contribution is -2.20. The molecular weight excluding hydrogens is 254 g/mol. The maximum absolute atomic E-state index is 11.6. The lowest BCUT2D eigenvalue weighted by molar-refractivity contribution is -0.115. The molecule has 0 aliphatic heterocycles. The van der Waals surface area contributed by atoms with Crippen molar-refractivity contribution in [2.24, 2.45) is 0 Å². The summed E-state index contributed by atoms with van der Waals surface area (Å²) in [6.45, 7) is 5.16. The molecule has 0 aliphatic carbocycles. The number of anilines is 1. The molecule has 0 bridgehead atoms. The normalized spacial score (nSPS) is 12.1. The van der Waals surface area contributed by atoms with Crippen molar-refractivity contribution in [2.75, 3.05) is 5.32 Å². The summed E-state index contributed by atoms with van der Waals surface area (Å²) in [6.07, 6.45) is -0.158. The molecule has 18 heavy (non-hydrogen) atoms. The number of hydrogen-bond donors (Lipinski definition) is 1. The van der Waals surface area contributed by atoms with Crippen LogP contribution in [0.25, 0.3) is 0 Å². The minimum atomic E-state index is -0.601. The number of hydrogen-bond acceptors (Lipinski definition) is 3. The zero-order valence-corrected chi connectivity index (χ0v) is 11.3. The third-order valence-electron chi connectivity index (χ3n) is 2.09. The highest BCUT2D eigenvalue weighted by atomic mass is 35.5. The van der Waals surface area contributed by atoms with Gasteiger partial charge in [0.25, 0.3) is 0 Å². The predicted molar refractivity (Wildman–Crippen MR) is 70.9 cm³/mol. The highest BCUT2D eigenvalue weighted by Crippen LogP contribution is 2.12. The summed E-state index contributed by atoms with van der Waals surface area (Å²) in [4.78, 5) is 22.9. The van der Waals surface area contributed by atoms with Crippen LogP contribution < -0.4 is 5.32 Å². The fraction of sp³-hybridized carbons (Fsp3) is 0.385. The number of nitrogens with one attached hydrogen (secondary N) is 1. The van der Waals surface area contributed by atoms with Crippen LogP contribution in [0, 0.1) is 0 Å². The summed E-state index contributed by atoms with van der Waals surface area (Å²) in [6, 6.07) is 6.46.